The molecule has 0 saturated heterocycles. The molecular weight excluding hydrogens is 210 g/mol. The predicted molar refractivity (Wildman–Crippen MR) is 71.5 cm³/mol. The topological polar surface area (TPSA) is 29.1 Å². The largest absolute Gasteiger partial charge is 0.352 e. The molecular formula is C15H19NO. The van der Waals surface area contributed by atoms with Gasteiger partial charge >= 0.3 is 0 Å². The molecule has 0 aromatic heterocycles. The maximum atomic E-state index is 11.4. The molecule has 1 aromatic rings. The van der Waals surface area contributed by atoms with Crippen LogP contribution in [0.2, 0.25) is 0 Å². The van der Waals surface area contributed by atoms with Crippen LogP contribution in [0.5, 0.6) is 0 Å². The number of rotatable bonds is 5. The fourth-order valence-electron chi connectivity index (χ4n) is 1.38. The quantitative estimate of drug-likeness (QED) is 0.469. The first-order valence-corrected chi connectivity index (χ1v) is 6.00. The lowest BCUT2D eigenvalue weighted by Crippen LogP contribution is -2.21. The fraction of sp³-hybridized carbons (Fsp3) is 0.333. The smallest absolute Gasteiger partial charge is 0.251 e. The lowest BCUT2D eigenvalue weighted by molar-refractivity contribution is -0.116. The van der Waals surface area contributed by atoms with Gasteiger partial charge < -0.3 is 5.32 Å². The molecule has 0 fully saturated rings. The molecule has 0 atom stereocenters. The molecule has 1 aromatic carbocycles. The van der Waals surface area contributed by atoms with E-state index in [0.717, 1.165) is 30.5 Å². The van der Waals surface area contributed by atoms with Crippen molar-refractivity contribution in [3.05, 3.63) is 47.7 Å². The van der Waals surface area contributed by atoms with Crippen molar-refractivity contribution in [1.82, 2.24) is 5.32 Å². The van der Waals surface area contributed by atoms with E-state index in [1.165, 1.54) is 6.08 Å². The van der Waals surface area contributed by atoms with Gasteiger partial charge in [0.2, 0.25) is 0 Å². The van der Waals surface area contributed by atoms with Crippen molar-refractivity contribution in [3.8, 4) is 0 Å². The van der Waals surface area contributed by atoms with Gasteiger partial charge in [-0.05, 0) is 24.5 Å². The van der Waals surface area contributed by atoms with Crippen LogP contribution in [0.3, 0.4) is 0 Å². The van der Waals surface area contributed by atoms with Crippen LogP contribution >= 0.6 is 0 Å². The second-order valence-electron chi connectivity index (χ2n) is 3.92. The van der Waals surface area contributed by atoms with E-state index in [2.05, 4.69) is 18.0 Å². The lowest BCUT2D eigenvalue weighted by Gasteiger charge is -1.98. The Labute approximate surface area is 103 Å². The molecule has 0 saturated carbocycles. The molecule has 0 aliphatic carbocycles. The number of hydrogen-bond donors (Lipinski definition) is 1. The highest BCUT2D eigenvalue weighted by molar-refractivity contribution is 5.88. The van der Waals surface area contributed by atoms with E-state index in [1.807, 2.05) is 37.3 Å². The fourth-order valence-corrected chi connectivity index (χ4v) is 1.38. The third-order valence-corrected chi connectivity index (χ3v) is 2.46. The van der Waals surface area contributed by atoms with E-state index < -0.39 is 0 Å². The predicted octanol–water partition coefficient (Wildman–Crippen LogP) is 3.16. The summed E-state index contributed by atoms with van der Waals surface area (Å²) >= 11 is 0. The van der Waals surface area contributed by atoms with Gasteiger partial charge in [-0.2, -0.15) is 0 Å². The van der Waals surface area contributed by atoms with Gasteiger partial charge in [-0.1, -0.05) is 43.7 Å². The number of carbonyl (C=O) groups is 1. The first-order valence-electron chi connectivity index (χ1n) is 6.00. The molecule has 1 rings (SSSR count). The van der Waals surface area contributed by atoms with Crippen LogP contribution in [-0.4, -0.2) is 12.5 Å². The van der Waals surface area contributed by atoms with Crippen molar-refractivity contribution in [2.75, 3.05) is 6.54 Å². The van der Waals surface area contributed by atoms with E-state index in [-0.39, 0.29) is 5.91 Å². The summed E-state index contributed by atoms with van der Waals surface area (Å²) in [4.78, 5) is 11.4. The molecule has 0 unspecified atom stereocenters. The van der Waals surface area contributed by atoms with E-state index in [1.54, 1.807) is 0 Å². The normalized spacial score (nSPS) is 9.29. The molecule has 0 bridgehead atoms. The second-order valence-corrected chi connectivity index (χ2v) is 3.92. The van der Waals surface area contributed by atoms with Crippen LogP contribution in [0.4, 0.5) is 0 Å². The summed E-state index contributed by atoms with van der Waals surface area (Å²) in [5.41, 5.74) is 5.06. The van der Waals surface area contributed by atoms with Gasteiger partial charge in [0.25, 0.3) is 5.91 Å². The highest BCUT2D eigenvalue weighted by Crippen LogP contribution is 2.10. The average molecular weight is 229 g/mol. The number of unbranched alkanes of at least 4 members (excludes halogenated alkanes) is 1. The van der Waals surface area contributed by atoms with Gasteiger partial charge in [-0.25, -0.2) is 0 Å². The number of amides is 1. The molecule has 0 aliphatic rings. The Balaban J connectivity index is 2.59. The van der Waals surface area contributed by atoms with E-state index in [4.69, 9.17) is 0 Å². The summed E-state index contributed by atoms with van der Waals surface area (Å²) < 4.78 is 0. The first-order chi connectivity index (χ1) is 8.24. The van der Waals surface area contributed by atoms with Gasteiger partial charge in [0.05, 0.1) is 0 Å². The summed E-state index contributed by atoms with van der Waals surface area (Å²) in [5.74, 6) is -0.0752. The number of carbonyl (C=O) groups excluding carboxylic acids is 1. The van der Waals surface area contributed by atoms with Crippen molar-refractivity contribution >= 4 is 11.5 Å². The maximum absolute atomic E-state index is 11.4. The van der Waals surface area contributed by atoms with E-state index in [9.17, 15) is 4.79 Å². The Bertz CT molecular complexity index is 414. The molecule has 1 amide bonds. The van der Waals surface area contributed by atoms with Gasteiger partial charge in [0, 0.05) is 12.6 Å². The molecule has 0 aliphatic heterocycles. The van der Waals surface area contributed by atoms with Crippen molar-refractivity contribution in [3.63, 3.8) is 0 Å². The van der Waals surface area contributed by atoms with Crippen LogP contribution in [0.15, 0.2) is 42.1 Å². The Morgan fingerprint density at radius 2 is 2.06 bits per heavy atom. The standard InChI is InChI=1S/C15H19NO/c1-3-4-12-16-15(17)11-10-13(2)14-8-6-5-7-9-14/h5-9,11H,3-4,12H2,1-2H3,(H,16,17). The Morgan fingerprint density at radius 1 is 1.35 bits per heavy atom. The second kappa shape index (κ2) is 7.48. The van der Waals surface area contributed by atoms with Gasteiger partial charge in [-0.15, -0.1) is 5.73 Å². The third-order valence-electron chi connectivity index (χ3n) is 2.46. The first kappa shape index (κ1) is 13.3. The monoisotopic (exact) mass is 229 g/mol. The molecule has 90 valence electrons. The lowest BCUT2D eigenvalue weighted by atomic mass is 10.1. The molecule has 0 radical (unpaired) electrons. The van der Waals surface area contributed by atoms with E-state index >= 15 is 0 Å². The van der Waals surface area contributed by atoms with Crippen LogP contribution in [-0.2, 0) is 4.79 Å². The maximum Gasteiger partial charge on any atom is 0.251 e. The van der Waals surface area contributed by atoms with Crippen molar-refractivity contribution in [2.45, 2.75) is 26.7 Å². The highest BCUT2D eigenvalue weighted by atomic mass is 16.1. The van der Waals surface area contributed by atoms with Crippen LogP contribution in [0, 0.1) is 0 Å². The van der Waals surface area contributed by atoms with Gasteiger partial charge in [-0.3, -0.25) is 4.79 Å². The highest BCUT2D eigenvalue weighted by Gasteiger charge is 1.94. The Morgan fingerprint density at radius 3 is 2.71 bits per heavy atom. The molecule has 0 heterocycles. The number of benzene rings is 1. The average Bonchev–Trinajstić information content (AvgIpc) is 2.37. The SMILES string of the molecule is CCCCNC(=O)C=C=C(C)c1ccccc1. The zero-order chi connectivity index (χ0) is 12.5. The van der Waals surface area contributed by atoms with Crippen molar-refractivity contribution in [2.24, 2.45) is 0 Å². The molecule has 2 heteroatoms. The van der Waals surface area contributed by atoms with Crippen molar-refractivity contribution in [1.29, 1.82) is 0 Å². The number of hydrogen-bond acceptors (Lipinski definition) is 1. The molecule has 17 heavy (non-hydrogen) atoms. The molecule has 2 nitrogen and oxygen atoms in total. The summed E-state index contributed by atoms with van der Waals surface area (Å²) in [7, 11) is 0. The minimum Gasteiger partial charge on any atom is -0.352 e. The zero-order valence-corrected chi connectivity index (χ0v) is 10.5. The molecule has 1 N–H and O–H groups in total. The third kappa shape index (κ3) is 5.19. The van der Waals surface area contributed by atoms with Crippen LogP contribution in [0.1, 0.15) is 32.3 Å². The van der Waals surface area contributed by atoms with Gasteiger partial charge in [0.15, 0.2) is 0 Å². The van der Waals surface area contributed by atoms with Gasteiger partial charge in [0.1, 0.15) is 0 Å². The summed E-state index contributed by atoms with van der Waals surface area (Å²) in [6, 6.07) is 9.93. The van der Waals surface area contributed by atoms with E-state index in [0.29, 0.717) is 0 Å². The minimum atomic E-state index is -0.0752. The summed E-state index contributed by atoms with van der Waals surface area (Å²) in [6.07, 6.45) is 3.57. The summed E-state index contributed by atoms with van der Waals surface area (Å²) in [6.45, 7) is 4.78. The zero-order valence-electron chi connectivity index (χ0n) is 10.5. The Hall–Kier alpha value is -1.79. The van der Waals surface area contributed by atoms with Crippen molar-refractivity contribution < 1.29 is 4.79 Å². The van der Waals surface area contributed by atoms with Crippen LogP contribution < -0.4 is 5.32 Å². The number of nitrogens with one attached hydrogen (secondary N) is 1. The molecule has 0 spiro atoms. The minimum absolute atomic E-state index is 0.0752. The Kier molecular flexibility index (Phi) is 5.84. The summed E-state index contributed by atoms with van der Waals surface area (Å²) in [5, 5.41) is 2.82. The van der Waals surface area contributed by atoms with Crippen LogP contribution in [0.25, 0.3) is 5.57 Å².